The Balaban J connectivity index is 1.14. The van der Waals surface area contributed by atoms with E-state index in [-0.39, 0.29) is 0 Å². The Bertz CT molecular complexity index is 3190. The molecular weight excluding hydrogens is 633 g/mol. The van der Waals surface area contributed by atoms with Gasteiger partial charge in [0.1, 0.15) is 0 Å². The lowest BCUT2D eigenvalue weighted by molar-refractivity contribution is 1.17. The van der Waals surface area contributed by atoms with Crippen LogP contribution in [-0.2, 0) is 0 Å². The predicted octanol–water partition coefficient (Wildman–Crippen LogP) is 12.3. The van der Waals surface area contributed by atoms with Crippen LogP contribution in [0.4, 0.5) is 0 Å². The van der Waals surface area contributed by atoms with Crippen molar-refractivity contribution in [2.75, 3.05) is 0 Å². The van der Waals surface area contributed by atoms with E-state index in [1.807, 2.05) is 6.07 Å². The second-order valence-electron chi connectivity index (χ2n) is 13.5. The zero-order valence-corrected chi connectivity index (χ0v) is 28.1. The largest absolute Gasteiger partial charge is 0.309 e. The van der Waals surface area contributed by atoms with Gasteiger partial charge < -0.3 is 9.13 Å². The van der Waals surface area contributed by atoms with Gasteiger partial charge in [-0.3, -0.25) is 0 Å². The molecule has 11 rings (SSSR count). The molecule has 0 saturated heterocycles. The average molecular weight is 663 g/mol. The molecule has 11 aromatic rings. The van der Waals surface area contributed by atoms with Crippen molar-refractivity contribution in [3.63, 3.8) is 0 Å². The molecule has 0 N–H and O–H groups in total. The van der Waals surface area contributed by atoms with Crippen molar-refractivity contribution in [1.82, 2.24) is 19.1 Å². The van der Waals surface area contributed by atoms with Crippen LogP contribution in [0, 0.1) is 0 Å². The first-order valence-electron chi connectivity index (χ1n) is 17.7. The summed E-state index contributed by atoms with van der Waals surface area (Å²) in [4.78, 5) is 10.4. The smallest absolute Gasteiger partial charge is 0.160 e. The maximum absolute atomic E-state index is 5.28. The summed E-state index contributed by atoms with van der Waals surface area (Å²) in [6.45, 7) is 0. The Kier molecular flexibility index (Phi) is 6.22. The van der Waals surface area contributed by atoms with E-state index in [1.165, 1.54) is 43.4 Å². The number of fused-ring (bicyclic) bond motifs is 8. The van der Waals surface area contributed by atoms with Crippen LogP contribution in [0.3, 0.4) is 0 Å². The highest BCUT2D eigenvalue weighted by Gasteiger charge is 2.19. The molecule has 0 aliphatic heterocycles. The van der Waals surface area contributed by atoms with Crippen LogP contribution in [0.1, 0.15) is 0 Å². The second-order valence-corrected chi connectivity index (χ2v) is 13.5. The molecule has 3 heterocycles. The zero-order valence-electron chi connectivity index (χ0n) is 28.1. The Morgan fingerprint density at radius 2 is 0.923 bits per heavy atom. The fourth-order valence-electron chi connectivity index (χ4n) is 8.11. The van der Waals surface area contributed by atoms with Gasteiger partial charge in [0.05, 0.1) is 33.3 Å². The van der Waals surface area contributed by atoms with Crippen LogP contribution in [-0.4, -0.2) is 19.1 Å². The van der Waals surface area contributed by atoms with Gasteiger partial charge in [0.2, 0.25) is 0 Å². The number of para-hydroxylation sites is 4. The predicted molar refractivity (Wildman–Crippen MR) is 217 cm³/mol. The quantitative estimate of drug-likeness (QED) is 0.188. The summed E-state index contributed by atoms with van der Waals surface area (Å²) in [5.41, 5.74) is 10.9. The Morgan fingerprint density at radius 3 is 1.67 bits per heavy atom. The fourth-order valence-corrected chi connectivity index (χ4v) is 8.11. The number of aromatic nitrogens is 4. The molecule has 0 aliphatic rings. The third-order valence-electron chi connectivity index (χ3n) is 10.5. The molecule has 0 spiro atoms. The van der Waals surface area contributed by atoms with Crippen LogP contribution in [0.5, 0.6) is 0 Å². The summed E-state index contributed by atoms with van der Waals surface area (Å²) in [5, 5.41) is 8.34. The maximum atomic E-state index is 5.28. The lowest BCUT2D eigenvalue weighted by Crippen LogP contribution is -1.98. The van der Waals surface area contributed by atoms with E-state index in [4.69, 9.17) is 9.97 Å². The van der Waals surface area contributed by atoms with Gasteiger partial charge in [-0.05, 0) is 71.4 Å². The standard InChI is InChI=1S/C48H30N4/c1-2-16-35(17-3-1)51-43-23-10-7-19-37(43)40-30-46-41(29-45(40)51)38-20-8-11-24-44(38)52(46)36-18-12-15-34(28-36)48-49-42-22-9-6-21-39(42)47(50-48)33-26-25-31-13-4-5-14-32(31)27-33/h1-30H. The van der Waals surface area contributed by atoms with Crippen LogP contribution in [0.15, 0.2) is 182 Å². The summed E-state index contributed by atoms with van der Waals surface area (Å²) >= 11 is 0. The monoisotopic (exact) mass is 662 g/mol. The molecular formula is C48H30N4. The summed E-state index contributed by atoms with van der Waals surface area (Å²) in [5.74, 6) is 0.706. The molecule has 0 saturated carbocycles. The summed E-state index contributed by atoms with van der Waals surface area (Å²) in [6.07, 6.45) is 0. The van der Waals surface area contributed by atoms with Gasteiger partial charge in [-0.15, -0.1) is 0 Å². The van der Waals surface area contributed by atoms with Gasteiger partial charge in [-0.25, -0.2) is 9.97 Å². The molecule has 4 heteroatoms. The number of benzene rings is 8. The fraction of sp³-hybridized carbons (Fsp3) is 0. The van der Waals surface area contributed by atoms with Crippen molar-refractivity contribution in [3.05, 3.63) is 182 Å². The first-order valence-corrected chi connectivity index (χ1v) is 17.7. The van der Waals surface area contributed by atoms with E-state index in [0.717, 1.165) is 50.1 Å². The van der Waals surface area contributed by atoms with Gasteiger partial charge in [0, 0.05) is 49.4 Å². The Hall–Kier alpha value is -7.04. The van der Waals surface area contributed by atoms with Crippen molar-refractivity contribution in [2.24, 2.45) is 0 Å². The molecule has 4 nitrogen and oxygen atoms in total. The highest BCUT2D eigenvalue weighted by Crippen LogP contribution is 2.40. The lowest BCUT2D eigenvalue weighted by atomic mass is 10.0. The minimum Gasteiger partial charge on any atom is -0.309 e. The molecule has 0 unspecified atom stereocenters. The third-order valence-corrected chi connectivity index (χ3v) is 10.5. The second kappa shape index (κ2) is 11.2. The Morgan fingerprint density at radius 1 is 0.327 bits per heavy atom. The third kappa shape index (κ3) is 4.34. The molecule has 3 aromatic heterocycles. The van der Waals surface area contributed by atoms with Crippen molar-refractivity contribution in [3.8, 4) is 34.0 Å². The number of hydrogen-bond donors (Lipinski definition) is 0. The molecule has 8 aromatic carbocycles. The van der Waals surface area contributed by atoms with Crippen LogP contribution in [0.2, 0.25) is 0 Å². The van der Waals surface area contributed by atoms with Crippen LogP contribution >= 0.6 is 0 Å². The van der Waals surface area contributed by atoms with Crippen molar-refractivity contribution in [2.45, 2.75) is 0 Å². The van der Waals surface area contributed by atoms with E-state index >= 15 is 0 Å². The molecule has 0 bridgehead atoms. The van der Waals surface area contributed by atoms with E-state index in [1.54, 1.807) is 0 Å². The minimum absolute atomic E-state index is 0.706. The Labute approximate surface area is 299 Å². The normalized spacial score (nSPS) is 11.8. The van der Waals surface area contributed by atoms with Crippen LogP contribution < -0.4 is 0 Å². The highest BCUT2D eigenvalue weighted by atomic mass is 15.0. The van der Waals surface area contributed by atoms with Crippen molar-refractivity contribution >= 4 is 65.3 Å². The molecule has 0 radical (unpaired) electrons. The summed E-state index contributed by atoms with van der Waals surface area (Å²) in [7, 11) is 0. The first-order chi connectivity index (χ1) is 25.8. The molecule has 242 valence electrons. The van der Waals surface area contributed by atoms with Gasteiger partial charge in [-0.2, -0.15) is 0 Å². The van der Waals surface area contributed by atoms with Crippen molar-refractivity contribution in [1.29, 1.82) is 0 Å². The van der Waals surface area contributed by atoms with Gasteiger partial charge in [-0.1, -0.05) is 121 Å². The van der Waals surface area contributed by atoms with Crippen molar-refractivity contribution < 1.29 is 0 Å². The summed E-state index contributed by atoms with van der Waals surface area (Å²) in [6, 6.07) is 64.9. The molecule has 0 aliphatic carbocycles. The van der Waals surface area contributed by atoms with E-state index in [0.29, 0.717) is 5.82 Å². The molecule has 0 amide bonds. The zero-order chi connectivity index (χ0) is 34.2. The average Bonchev–Trinajstić information content (AvgIpc) is 3.71. The minimum atomic E-state index is 0.706. The maximum Gasteiger partial charge on any atom is 0.160 e. The SMILES string of the molecule is c1ccc(-n2c3ccccc3c3cc4c(cc32)c2ccccc2n4-c2cccc(-c3nc(-c4ccc5ccccc5c4)c4ccccc4n3)c2)cc1. The highest BCUT2D eigenvalue weighted by molar-refractivity contribution is 6.19. The van der Waals surface area contributed by atoms with Gasteiger partial charge >= 0.3 is 0 Å². The number of nitrogens with zero attached hydrogens (tertiary/aromatic N) is 4. The van der Waals surface area contributed by atoms with Gasteiger partial charge in [0.25, 0.3) is 0 Å². The lowest BCUT2D eigenvalue weighted by Gasteiger charge is -2.12. The molecule has 0 atom stereocenters. The topological polar surface area (TPSA) is 35.6 Å². The molecule has 0 fully saturated rings. The van der Waals surface area contributed by atoms with E-state index < -0.39 is 0 Å². The number of hydrogen-bond acceptors (Lipinski definition) is 2. The van der Waals surface area contributed by atoms with E-state index in [9.17, 15) is 0 Å². The van der Waals surface area contributed by atoms with Gasteiger partial charge in [0.15, 0.2) is 5.82 Å². The number of rotatable bonds is 4. The van der Waals surface area contributed by atoms with Crippen LogP contribution in [0.25, 0.3) is 99.3 Å². The van der Waals surface area contributed by atoms with E-state index in [2.05, 4.69) is 185 Å². The first kappa shape index (κ1) is 28.8. The summed E-state index contributed by atoms with van der Waals surface area (Å²) < 4.78 is 4.79. The molecule has 52 heavy (non-hydrogen) atoms.